The van der Waals surface area contributed by atoms with Crippen LogP contribution >= 0.6 is 17.0 Å². The number of benzene rings is 6. The summed E-state index contributed by atoms with van der Waals surface area (Å²) in [5, 5.41) is 0. The molecule has 0 N–H and O–H groups in total. The number of hydrogen-bond acceptors (Lipinski definition) is 0. The number of allylic oxidation sites excluding steroid dienone is 2. The zero-order chi connectivity index (χ0) is 44.5. The van der Waals surface area contributed by atoms with Crippen LogP contribution in [0.15, 0.2) is 132 Å². The maximum absolute atomic E-state index is 9.17. The molecule has 0 saturated heterocycles. The van der Waals surface area contributed by atoms with Gasteiger partial charge in [0.25, 0.3) is 0 Å². The molecule has 0 aromatic heterocycles. The Kier molecular flexibility index (Phi) is 12.0. The molecule has 0 saturated carbocycles. The van der Waals surface area contributed by atoms with Gasteiger partial charge in [0.1, 0.15) is 0 Å². The quantitative estimate of drug-likeness (QED) is 0.127. The zero-order valence-corrected chi connectivity index (χ0v) is 44.2. The van der Waals surface area contributed by atoms with Crippen LogP contribution in [0, 0.1) is 27.7 Å². The predicted octanol–water partition coefficient (Wildman–Crippen LogP) is 16.9. The first kappa shape index (κ1) is 45.1. The maximum atomic E-state index is 9.17. The summed E-state index contributed by atoms with van der Waals surface area (Å²) in [6.07, 6.45) is 6.73. The van der Waals surface area contributed by atoms with E-state index < -0.39 is 21.5 Å². The van der Waals surface area contributed by atoms with Gasteiger partial charge in [-0.2, -0.15) is 0 Å². The minimum atomic E-state index is -5.24. The molecule has 2 aliphatic carbocycles. The Morgan fingerprint density at radius 2 is 0.790 bits per heavy atom. The van der Waals surface area contributed by atoms with Gasteiger partial charge in [0, 0.05) is 0 Å². The van der Waals surface area contributed by atoms with Crippen molar-refractivity contribution in [3.05, 3.63) is 199 Å². The fraction of sp³-hybridized carbons (Fsp3) is 0.310. The molecule has 0 heterocycles. The molecule has 6 aromatic carbocycles. The van der Waals surface area contributed by atoms with Gasteiger partial charge in [0.2, 0.25) is 0 Å². The van der Waals surface area contributed by atoms with Gasteiger partial charge in [-0.3, -0.25) is 0 Å². The Morgan fingerprint density at radius 3 is 1.10 bits per heavy atom. The summed E-state index contributed by atoms with van der Waals surface area (Å²) in [5.41, 5.74) is 23.9. The summed E-state index contributed by atoms with van der Waals surface area (Å²) < 4.78 is -0.0810. The number of rotatable bonds is 9. The van der Waals surface area contributed by atoms with Gasteiger partial charge in [-0.05, 0) is 0 Å². The summed E-state index contributed by atoms with van der Waals surface area (Å²) in [6, 6.07) is 45.9. The van der Waals surface area contributed by atoms with Crippen molar-refractivity contribution in [2.75, 3.05) is 0 Å². The van der Waals surface area contributed by atoms with E-state index in [-0.39, 0.29) is 18.1 Å². The van der Waals surface area contributed by atoms with Crippen LogP contribution < -0.4 is 0 Å². The molecule has 6 aromatic rings. The Morgan fingerprint density at radius 1 is 0.468 bits per heavy atom. The molecule has 0 fully saturated rings. The molecule has 4 heteroatoms. The molecular weight excluding hydrogens is 887 g/mol. The van der Waals surface area contributed by atoms with E-state index in [1.807, 2.05) is 0 Å². The van der Waals surface area contributed by atoms with Crippen molar-refractivity contribution in [3.63, 3.8) is 0 Å². The average Bonchev–Trinajstić information content (AvgIpc) is 3.80. The Hall–Kier alpha value is -3.52. The van der Waals surface area contributed by atoms with Crippen LogP contribution in [0.2, 0.25) is 13.1 Å². The van der Waals surface area contributed by atoms with Gasteiger partial charge in [0.15, 0.2) is 0 Å². The SMILES string of the molecule is Cc1cccc(C)c1CC1=Cc2c(-c3ccc(C(C)(C)C)cc3)cccc2[CH]1[Zr]([Cl])([Cl])([CH]1C(Cc2c(C)cccc2C)=Cc2c(-c3ccc(C(C)(C)C)cc3)cccc21)[SiH](C)C. The van der Waals surface area contributed by atoms with Crippen LogP contribution in [0.25, 0.3) is 34.4 Å². The second-order valence-electron chi connectivity index (χ2n) is 21.1. The standard InChI is InChI=1S/2C28H29.C2H7Si.2ClH.Zr/c2*1-19-8-6-9-20(2)26(19)17-21-16-23-10-7-11-25(27(23)18-21)22-12-14-24(15-13-22)28(3,4)5;1-3-2;;;/h2*6-16,18H,17H2,1-5H3;3H,1-2H3;2*1H;/q;;;;;+2/p-2. The third kappa shape index (κ3) is 7.89. The first-order valence-corrected chi connectivity index (χ1v) is 39.1. The second-order valence-corrected chi connectivity index (χ2v) is 63.6. The molecule has 2 unspecified atom stereocenters. The predicted molar refractivity (Wildman–Crippen MR) is 272 cm³/mol. The molecule has 2 atom stereocenters. The Labute approximate surface area is 382 Å². The first-order chi connectivity index (χ1) is 29.2. The van der Waals surface area contributed by atoms with E-state index in [0.29, 0.717) is 0 Å². The van der Waals surface area contributed by atoms with Crippen LogP contribution in [0.5, 0.6) is 0 Å². The van der Waals surface area contributed by atoms with Crippen molar-refractivity contribution in [2.45, 2.75) is 113 Å². The van der Waals surface area contributed by atoms with Gasteiger partial charge in [-0.25, -0.2) is 0 Å². The van der Waals surface area contributed by atoms with E-state index in [2.05, 4.69) is 216 Å². The Balaban J connectivity index is 1.38. The van der Waals surface area contributed by atoms with Crippen molar-refractivity contribution in [1.82, 2.24) is 0 Å². The van der Waals surface area contributed by atoms with Crippen molar-refractivity contribution in [1.29, 1.82) is 0 Å². The first-order valence-electron chi connectivity index (χ1n) is 22.7. The third-order valence-electron chi connectivity index (χ3n) is 14.7. The third-order valence-corrected chi connectivity index (χ3v) is 66.5. The molecule has 0 amide bonds. The zero-order valence-electron chi connectivity index (χ0n) is 39.1. The number of halogens is 2. The molecule has 8 rings (SSSR count). The van der Waals surface area contributed by atoms with Crippen LogP contribution in [-0.4, -0.2) is 5.92 Å². The molecule has 0 nitrogen and oxygen atoms in total. The van der Waals surface area contributed by atoms with E-state index >= 15 is 0 Å². The topological polar surface area (TPSA) is 0 Å². The van der Waals surface area contributed by atoms with Crippen LogP contribution in [0.3, 0.4) is 0 Å². The summed E-state index contributed by atoms with van der Waals surface area (Å²) in [6.45, 7) is 27.7. The molecular formula is C58H65Cl2SiZr. The van der Waals surface area contributed by atoms with Gasteiger partial charge in [-0.1, -0.05) is 0 Å². The van der Waals surface area contributed by atoms with E-state index in [0.717, 1.165) is 12.8 Å². The number of hydrogen-bond donors (Lipinski definition) is 0. The fourth-order valence-electron chi connectivity index (χ4n) is 10.8. The molecule has 0 aliphatic heterocycles. The van der Waals surface area contributed by atoms with Gasteiger partial charge < -0.3 is 0 Å². The molecule has 62 heavy (non-hydrogen) atoms. The summed E-state index contributed by atoms with van der Waals surface area (Å²) in [4.78, 5) is 0. The second kappa shape index (κ2) is 16.5. The number of fused-ring (bicyclic) bond motifs is 2. The molecule has 0 radical (unpaired) electrons. The van der Waals surface area contributed by atoms with Crippen molar-refractivity contribution in [3.8, 4) is 22.3 Å². The van der Waals surface area contributed by atoms with Gasteiger partial charge >= 0.3 is 385 Å². The van der Waals surface area contributed by atoms with E-state index in [1.165, 1.54) is 100 Å². The molecule has 0 spiro atoms. The van der Waals surface area contributed by atoms with Crippen molar-refractivity contribution >= 4 is 35.1 Å². The normalized spacial score (nSPS) is 17.0. The monoisotopic (exact) mass is 949 g/mol. The summed E-state index contributed by atoms with van der Waals surface area (Å²) >= 11 is -5.24. The van der Waals surface area contributed by atoms with Crippen LogP contribution in [0.4, 0.5) is 0 Å². The van der Waals surface area contributed by atoms with Crippen LogP contribution in [-0.2, 0) is 39.2 Å². The molecule has 2 aliphatic rings. The minimum absolute atomic E-state index is 0.0405. The molecule has 0 bridgehead atoms. The van der Waals surface area contributed by atoms with Crippen molar-refractivity contribution in [2.24, 2.45) is 0 Å². The van der Waals surface area contributed by atoms with E-state index in [9.17, 15) is 17.0 Å². The number of aryl methyl sites for hydroxylation is 4. The Bertz CT molecular complexity index is 2530. The fourth-order valence-corrected chi connectivity index (χ4v) is 42.1. The summed E-state index contributed by atoms with van der Waals surface area (Å²) in [5.74, 6) is -1.85. The van der Waals surface area contributed by atoms with Gasteiger partial charge in [0.05, 0.1) is 0 Å². The van der Waals surface area contributed by atoms with E-state index in [1.54, 1.807) is 0 Å². The van der Waals surface area contributed by atoms with Crippen molar-refractivity contribution < 1.29 is 15.6 Å². The molecule has 319 valence electrons. The van der Waals surface area contributed by atoms with Gasteiger partial charge in [-0.15, -0.1) is 0 Å². The van der Waals surface area contributed by atoms with E-state index in [4.69, 9.17) is 0 Å². The van der Waals surface area contributed by atoms with Crippen LogP contribution in [0.1, 0.15) is 116 Å². The summed E-state index contributed by atoms with van der Waals surface area (Å²) in [7, 11) is 18.3. The average molecular weight is 952 g/mol.